The van der Waals surface area contributed by atoms with Gasteiger partial charge in [0.2, 0.25) is 5.91 Å². The van der Waals surface area contributed by atoms with Crippen molar-refractivity contribution in [3.05, 3.63) is 45.7 Å². The van der Waals surface area contributed by atoms with Crippen molar-refractivity contribution in [2.45, 2.75) is 32.8 Å². The molecular formula is C16H19N5O2S. The molecule has 0 saturated carbocycles. The fourth-order valence-electron chi connectivity index (χ4n) is 2.43. The molecule has 0 aromatic carbocycles. The summed E-state index contributed by atoms with van der Waals surface area (Å²) in [6, 6.07) is 5.62. The summed E-state index contributed by atoms with van der Waals surface area (Å²) in [6.45, 7) is 5.62. The molecule has 24 heavy (non-hydrogen) atoms. The van der Waals surface area contributed by atoms with Crippen molar-refractivity contribution in [2.24, 2.45) is 0 Å². The molecular weight excluding hydrogens is 326 g/mol. The van der Waals surface area contributed by atoms with Crippen LogP contribution in [0.2, 0.25) is 0 Å². The van der Waals surface area contributed by atoms with Crippen LogP contribution in [0.1, 0.15) is 29.0 Å². The summed E-state index contributed by atoms with van der Waals surface area (Å²) in [5.41, 5.74) is 0.679. The minimum atomic E-state index is -1.09. The molecule has 1 atom stereocenters. The van der Waals surface area contributed by atoms with Crippen LogP contribution in [-0.4, -0.2) is 37.1 Å². The van der Waals surface area contributed by atoms with E-state index in [1.165, 1.54) is 11.3 Å². The molecule has 126 valence electrons. The zero-order chi connectivity index (χ0) is 17.3. The third kappa shape index (κ3) is 3.44. The van der Waals surface area contributed by atoms with Crippen molar-refractivity contribution in [3.8, 4) is 0 Å². The van der Waals surface area contributed by atoms with E-state index in [1.807, 2.05) is 37.4 Å². The Morgan fingerprint density at radius 1 is 1.42 bits per heavy atom. The van der Waals surface area contributed by atoms with Crippen LogP contribution in [0, 0.1) is 13.8 Å². The van der Waals surface area contributed by atoms with Crippen LogP contribution >= 0.6 is 11.3 Å². The minimum absolute atomic E-state index is 0.0440. The molecule has 0 saturated heterocycles. The van der Waals surface area contributed by atoms with Gasteiger partial charge in [-0.2, -0.15) is 4.98 Å². The molecule has 3 aromatic heterocycles. The first kappa shape index (κ1) is 16.5. The number of rotatable bonds is 5. The molecule has 2 N–H and O–H groups in total. The molecule has 7 nitrogen and oxygen atoms in total. The number of hydrogen-bond donors (Lipinski definition) is 2. The lowest BCUT2D eigenvalue weighted by Gasteiger charge is -2.22. The van der Waals surface area contributed by atoms with Crippen molar-refractivity contribution in [3.63, 3.8) is 0 Å². The Balaban J connectivity index is 1.66. The average molecular weight is 345 g/mol. The lowest BCUT2D eigenvalue weighted by molar-refractivity contribution is -0.121. The van der Waals surface area contributed by atoms with Gasteiger partial charge in [-0.1, -0.05) is 6.07 Å². The predicted octanol–water partition coefficient (Wildman–Crippen LogP) is 1.37. The van der Waals surface area contributed by atoms with Crippen LogP contribution in [-0.2, 0) is 16.8 Å². The number of aryl methyl sites for hydroxylation is 2. The Bertz CT molecular complexity index is 870. The van der Waals surface area contributed by atoms with E-state index >= 15 is 0 Å². The van der Waals surface area contributed by atoms with Crippen molar-refractivity contribution >= 4 is 23.0 Å². The van der Waals surface area contributed by atoms with Crippen LogP contribution in [0.25, 0.3) is 5.78 Å². The van der Waals surface area contributed by atoms with Gasteiger partial charge in [0.1, 0.15) is 5.60 Å². The molecule has 0 bridgehead atoms. The molecule has 3 rings (SSSR count). The molecule has 1 amide bonds. The molecule has 0 spiro atoms. The van der Waals surface area contributed by atoms with E-state index in [9.17, 15) is 9.90 Å². The zero-order valence-electron chi connectivity index (χ0n) is 13.8. The number of thiophene rings is 1. The summed E-state index contributed by atoms with van der Waals surface area (Å²) in [5.74, 6) is 0.655. The van der Waals surface area contributed by atoms with Crippen LogP contribution in [0.4, 0.5) is 0 Å². The maximum Gasteiger partial charge on any atom is 0.252 e. The van der Waals surface area contributed by atoms with Crippen LogP contribution in [0.3, 0.4) is 0 Å². The van der Waals surface area contributed by atoms with E-state index in [2.05, 4.69) is 20.4 Å². The van der Waals surface area contributed by atoms with Crippen molar-refractivity contribution in [1.82, 2.24) is 24.9 Å². The highest BCUT2D eigenvalue weighted by Crippen LogP contribution is 2.24. The quantitative estimate of drug-likeness (QED) is 0.728. The maximum atomic E-state index is 12.1. The van der Waals surface area contributed by atoms with Crippen LogP contribution in [0.15, 0.2) is 23.6 Å². The second kappa shape index (κ2) is 6.29. The number of fused-ring (bicyclic) bond motifs is 1. The Morgan fingerprint density at radius 3 is 2.92 bits per heavy atom. The summed E-state index contributed by atoms with van der Waals surface area (Å²) in [4.78, 5) is 21.5. The van der Waals surface area contributed by atoms with Crippen molar-refractivity contribution in [2.75, 3.05) is 6.54 Å². The number of hydrogen-bond acceptors (Lipinski definition) is 6. The predicted molar refractivity (Wildman–Crippen MR) is 90.9 cm³/mol. The van der Waals surface area contributed by atoms with E-state index in [-0.39, 0.29) is 18.9 Å². The van der Waals surface area contributed by atoms with Crippen LogP contribution < -0.4 is 5.32 Å². The summed E-state index contributed by atoms with van der Waals surface area (Å²) >= 11 is 1.45. The summed E-state index contributed by atoms with van der Waals surface area (Å²) in [7, 11) is 0. The number of nitrogens with one attached hydrogen (secondary N) is 1. The second-order valence-electron chi connectivity index (χ2n) is 5.98. The monoisotopic (exact) mass is 345 g/mol. The van der Waals surface area contributed by atoms with Crippen LogP contribution in [0.5, 0.6) is 0 Å². The zero-order valence-corrected chi connectivity index (χ0v) is 14.6. The number of aromatic nitrogens is 4. The molecule has 1 unspecified atom stereocenters. The maximum absolute atomic E-state index is 12.1. The van der Waals surface area contributed by atoms with E-state index < -0.39 is 5.60 Å². The Kier molecular flexibility index (Phi) is 4.33. The highest BCUT2D eigenvalue weighted by molar-refractivity contribution is 7.10. The number of aliphatic hydroxyl groups is 1. The summed E-state index contributed by atoms with van der Waals surface area (Å²) in [5, 5.41) is 19.4. The lowest BCUT2D eigenvalue weighted by Crippen LogP contribution is -2.38. The summed E-state index contributed by atoms with van der Waals surface area (Å²) < 4.78 is 1.62. The molecule has 0 aliphatic carbocycles. The van der Waals surface area contributed by atoms with E-state index in [0.29, 0.717) is 11.6 Å². The smallest absolute Gasteiger partial charge is 0.252 e. The molecule has 0 radical (unpaired) electrons. The largest absolute Gasteiger partial charge is 0.383 e. The van der Waals surface area contributed by atoms with Gasteiger partial charge < -0.3 is 10.4 Å². The minimum Gasteiger partial charge on any atom is -0.383 e. The van der Waals surface area contributed by atoms with Gasteiger partial charge in [-0.05, 0) is 38.3 Å². The molecule has 0 aliphatic heterocycles. The van der Waals surface area contributed by atoms with Gasteiger partial charge >= 0.3 is 0 Å². The Morgan fingerprint density at radius 2 is 2.21 bits per heavy atom. The Hall–Kier alpha value is -2.32. The SMILES string of the molecule is Cc1cc(C)n2nc(CC(=O)NCC(C)(O)c3cccs3)nc2n1. The normalized spacial score (nSPS) is 13.8. The molecule has 3 heterocycles. The highest BCUT2D eigenvalue weighted by atomic mass is 32.1. The van der Waals surface area contributed by atoms with E-state index in [1.54, 1.807) is 11.4 Å². The average Bonchev–Trinajstić information content (AvgIpc) is 3.14. The van der Waals surface area contributed by atoms with Gasteiger partial charge in [-0.3, -0.25) is 4.79 Å². The lowest BCUT2D eigenvalue weighted by atomic mass is 10.1. The summed E-state index contributed by atoms with van der Waals surface area (Å²) in [6.07, 6.45) is 0.0440. The van der Waals surface area contributed by atoms with Crippen molar-refractivity contribution in [1.29, 1.82) is 0 Å². The van der Waals surface area contributed by atoms with Gasteiger partial charge in [0.05, 0.1) is 13.0 Å². The topological polar surface area (TPSA) is 92.4 Å². The van der Waals surface area contributed by atoms with Gasteiger partial charge in [0.15, 0.2) is 5.82 Å². The number of carbonyl (C=O) groups is 1. The first-order chi connectivity index (χ1) is 11.3. The van der Waals surface area contributed by atoms with Gasteiger partial charge in [0, 0.05) is 16.3 Å². The number of carbonyl (C=O) groups excluding carboxylic acids is 1. The first-order valence-corrected chi connectivity index (χ1v) is 8.46. The van der Waals surface area contributed by atoms with E-state index in [4.69, 9.17) is 0 Å². The van der Waals surface area contributed by atoms with Crippen molar-refractivity contribution < 1.29 is 9.90 Å². The fraction of sp³-hybridized carbons (Fsp3) is 0.375. The highest BCUT2D eigenvalue weighted by Gasteiger charge is 2.25. The van der Waals surface area contributed by atoms with E-state index in [0.717, 1.165) is 16.3 Å². The van der Waals surface area contributed by atoms with Gasteiger partial charge in [-0.25, -0.2) is 9.50 Å². The third-order valence-corrected chi connectivity index (χ3v) is 4.79. The van der Waals surface area contributed by atoms with Gasteiger partial charge in [0.25, 0.3) is 5.78 Å². The first-order valence-electron chi connectivity index (χ1n) is 7.58. The molecule has 8 heteroatoms. The Labute approximate surface area is 143 Å². The van der Waals surface area contributed by atoms with Gasteiger partial charge in [-0.15, -0.1) is 16.4 Å². The second-order valence-corrected chi connectivity index (χ2v) is 6.93. The third-order valence-electron chi connectivity index (χ3n) is 3.66. The fourth-order valence-corrected chi connectivity index (χ4v) is 3.22. The molecule has 0 fully saturated rings. The standard InChI is InChI=1S/C16H19N5O2S/c1-10-7-11(2)21-15(18-10)19-13(20-21)8-14(22)17-9-16(3,23)12-5-4-6-24-12/h4-7,23H,8-9H2,1-3H3,(H,17,22). The molecule has 3 aromatic rings. The number of amides is 1. The number of nitrogens with zero attached hydrogens (tertiary/aromatic N) is 4. The molecule has 0 aliphatic rings.